The molecule has 4 N–H and O–H groups in total. The smallest absolute Gasteiger partial charge is 0.407 e. The van der Waals surface area contributed by atoms with Crippen molar-refractivity contribution >= 4 is 12.2 Å². The first-order chi connectivity index (χ1) is 14.1. The Labute approximate surface area is 195 Å². The molecule has 0 aromatic heterocycles. The Kier molecular flexibility index (Phi) is 13.5. The third kappa shape index (κ3) is 23.1. The molecule has 0 heterocycles. The Hall–Kier alpha value is -1.54. The fraction of sp³-hybridized carbons (Fsp3) is 0.917. The summed E-state index contributed by atoms with van der Waals surface area (Å²) in [6, 6.07) is -0.315. The summed E-state index contributed by atoms with van der Waals surface area (Å²) >= 11 is 0. The zero-order chi connectivity index (χ0) is 26.0. The van der Waals surface area contributed by atoms with E-state index < -0.39 is 28.9 Å². The number of nitrogens with one attached hydrogen (secondary N) is 2. The first-order valence-electron chi connectivity index (χ1n) is 11.4. The van der Waals surface area contributed by atoms with E-state index >= 15 is 0 Å². The fourth-order valence-corrected chi connectivity index (χ4v) is 2.75. The Balaban J connectivity index is 0. The zero-order valence-electron chi connectivity index (χ0n) is 22.5. The fourth-order valence-electron chi connectivity index (χ4n) is 2.75. The van der Waals surface area contributed by atoms with Gasteiger partial charge in [0.1, 0.15) is 11.2 Å². The third-order valence-electron chi connectivity index (χ3n) is 3.76. The van der Waals surface area contributed by atoms with Gasteiger partial charge in [-0.1, -0.05) is 27.7 Å². The van der Waals surface area contributed by atoms with Crippen molar-refractivity contribution in [3.05, 3.63) is 0 Å². The number of ether oxygens (including phenoxy) is 2. The largest absolute Gasteiger partial charge is 0.444 e. The number of carbonyl (C=O) groups excluding carboxylic acids is 2. The summed E-state index contributed by atoms with van der Waals surface area (Å²) in [5.74, 6) is 0. The molecule has 0 aliphatic rings. The molecule has 192 valence electrons. The summed E-state index contributed by atoms with van der Waals surface area (Å²) in [5, 5.41) is 24.0. The standard InChI is InChI=1S/C13H27NO2.C11H23NO4/c1-8-10(9-12(2,3)4)14-11(15)16-13(5,6)7;1-10(2,3)16-9(14)12-8(7-13)6-11(4,5)15/h10H,8-9H2,1-7H3,(H,14,15);8,13,15H,6-7H2,1-5H3,(H,12,14)/t10-;8-/m10/s1. The van der Waals surface area contributed by atoms with Crippen LogP contribution in [0.15, 0.2) is 0 Å². The normalized spacial score (nSPS) is 14.4. The van der Waals surface area contributed by atoms with Crippen molar-refractivity contribution in [1.29, 1.82) is 0 Å². The van der Waals surface area contributed by atoms with Crippen molar-refractivity contribution in [2.24, 2.45) is 5.41 Å². The van der Waals surface area contributed by atoms with Gasteiger partial charge in [0.05, 0.1) is 18.2 Å². The van der Waals surface area contributed by atoms with Crippen LogP contribution in [-0.4, -0.2) is 57.9 Å². The summed E-state index contributed by atoms with van der Waals surface area (Å²) in [5.41, 5.74) is -1.72. The van der Waals surface area contributed by atoms with Crippen LogP contribution in [0.4, 0.5) is 9.59 Å². The average Bonchev–Trinajstić information content (AvgIpc) is 2.47. The van der Waals surface area contributed by atoms with Gasteiger partial charge in [-0.2, -0.15) is 0 Å². The van der Waals surface area contributed by atoms with E-state index in [-0.39, 0.29) is 30.6 Å². The molecule has 0 aliphatic heterocycles. The van der Waals surface area contributed by atoms with Crippen molar-refractivity contribution in [2.45, 2.75) is 131 Å². The molecule has 0 spiro atoms. The monoisotopic (exact) mass is 462 g/mol. The lowest BCUT2D eigenvalue weighted by atomic mass is 9.87. The number of amides is 2. The number of carbonyl (C=O) groups is 2. The Morgan fingerprint density at radius 2 is 1.12 bits per heavy atom. The van der Waals surface area contributed by atoms with Crippen LogP contribution in [0.2, 0.25) is 0 Å². The van der Waals surface area contributed by atoms with Gasteiger partial charge in [0, 0.05) is 6.04 Å². The molecule has 0 aromatic carbocycles. The van der Waals surface area contributed by atoms with Crippen LogP contribution in [0.3, 0.4) is 0 Å². The van der Waals surface area contributed by atoms with Crippen molar-refractivity contribution < 1.29 is 29.3 Å². The second kappa shape index (κ2) is 13.2. The summed E-state index contributed by atoms with van der Waals surface area (Å²) < 4.78 is 10.3. The molecule has 0 aromatic rings. The number of hydrogen-bond donors (Lipinski definition) is 4. The van der Waals surface area contributed by atoms with E-state index in [1.54, 1.807) is 34.6 Å². The van der Waals surface area contributed by atoms with E-state index in [1.807, 2.05) is 20.8 Å². The van der Waals surface area contributed by atoms with Gasteiger partial charge in [0.15, 0.2) is 0 Å². The Morgan fingerprint density at radius 3 is 1.38 bits per heavy atom. The summed E-state index contributed by atoms with van der Waals surface area (Å²) in [7, 11) is 0. The van der Waals surface area contributed by atoms with E-state index in [0.717, 1.165) is 12.8 Å². The van der Waals surface area contributed by atoms with E-state index in [2.05, 4.69) is 38.3 Å². The highest BCUT2D eigenvalue weighted by molar-refractivity contribution is 5.68. The SMILES string of the molecule is CC(C)(O)C[C@@H](CO)NC(=O)OC(C)(C)C.CC[C@H](CC(C)(C)C)NC(=O)OC(C)(C)C. The lowest BCUT2D eigenvalue weighted by Crippen LogP contribution is -2.44. The molecule has 8 heteroatoms. The molecule has 0 radical (unpaired) electrons. The molecular formula is C24H50N2O6. The highest BCUT2D eigenvalue weighted by Gasteiger charge is 2.24. The topological polar surface area (TPSA) is 117 Å². The maximum atomic E-state index is 11.6. The summed E-state index contributed by atoms with van der Waals surface area (Å²) in [6.07, 6.45) is 1.25. The molecule has 0 saturated carbocycles. The number of alkyl carbamates (subject to hydrolysis) is 2. The van der Waals surface area contributed by atoms with Gasteiger partial charge in [-0.15, -0.1) is 0 Å². The van der Waals surface area contributed by atoms with Gasteiger partial charge in [-0.3, -0.25) is 0 Å². The first-order valence-corrected chi connectivity index (χ1v) is 11.4. The van der Waals surface area contributed by atoms with Crippen LogP contribution in [0.1, 0.15) is 102 Å². The lowest BCUT2D eigenvalue weighted by molar-refractivity contribution is 0.0321. The van der Waals surface area contributed by atoms with Gasteiger partial charge in [-0.25, -0.2) is 9.59 Å². The zero-order valence-corrected chi connectivity index (χ0v) is 22.5. The van der Waals surface area contributed by atoms with Crippen molar-refractivity contribution in [3.8, 4) is 0 Å². The molecule has 0 fully saturated rings. The van der Waals surface area contributed by atoms with Gasteiger partial charge in [0.2, 0.25) is 0 Å². The average molecular weight is 463 g/mol. The van der Waals surface area contributed by atoms with Gasteiger partial charge in [0.25, 0.3) is 0 Å². The molecule has 0 aliphatic carbocycles. The predicted octanol–water partition coefficient (Wildman–Crippen LogP) is 4.76. The quantitative estimate of drug-likeness (QED) is 0.433. The van der Waals surface area contributed by atoms with Gasteiger partial charge >= 0.3 is 12.2 Å². The molecule has 0 rings (SSSR count). The number of aliphatic hydroxyl groups excluding tert-OH is 1. The minimum absolute atomic E-state index is 0.190. The maximum Gasteiger partial charge on any atom is 0.407 e. The van der Waals surface area contributed by atoms with Gasteiger partial charge in [-0.05, 0) is 80.1 Å². The number of rotatable bonds is 7. The molecule has 0 saturated heterocycles. The van der Waals surface area contributed by atoms with Crippen molar-refractivity contribution in [1.82, 2.24) is 10.6 Å². The van der Waals surface area contributed by atoms with Crippen LogP contribution in [0.5, 0.6) is 0 Å². The molecule has 2 amide bonds. The molecule has 0 unspecified atom stereocenters. The second-order valence-electron chi connectivity index (χ2n) is 12.1. The van der Waals surface area contributed by atoms with E-state index in [9.17, 15) is 14.7 Å². The molecule has 8 nitrogen and oxygen atoms in total. The van der Waals surface area contributed by atoms with Crippen molar-refractivity contribution in [3.63, 3.8) is 0 Å². The minimum Gasteiger partial charge on any atom is -0.444 e. The van der Waals surface area contributed by atoms with Crippen LogP contribution >= 0.6 is 0 Å². The van der Waals surface area contributed by atoms with E-state index in [4.69, 9.17) is 14.6 Å². The predicted molar refractivity (Wildman–Crippen MR) is 129 cm³/mol. The summed E-state index contributed by atoms with van der Waals surface area (Å²) in [6.45, 7) is 22.5. The third-order valence-corrected chi connectivity index (χ3v) is 3.76. The van der Waals surface area contributed by atoms with Crippen molar-refractivity contribution in [2.75, 3.05) is 6.61 Å². The van der Waals surface area contributed by atoms with Crippen LogP contribution < -0.4 is 10.6 Å². The lowest BCUT2D eigenvalue weighted by Gasteiger charge is -2.27. The van der Waals surface area contributed by atoms with E-state index in [1.165, 1.54) is 0 Å². The second-order valence-corrected chi connectivity index (χ2v) is 12.1. The maximum absolute atomic E-state index is 11.6. The van der Waals surface area contributed by atoms with Crippen LogP contribution in [0.25, 0.3) is 0 Å². The Bertz CT molecular complexity index is 501. The first kappa shape index (κ1) is 32.6. The number of hydrogen-bond acceptors (Lipinski definition) is 6. The van der Waals surface area contributed by atoms with Gasteiger partial charge < -0.3 is 30.3 Å². The molecular weight excluding hydrogens is 412 g/mol. The number of aliphatic hydroxyl groups is 2. The highest BCUT2D eigenvalue weighted by Crippen LogP contribution is 2.22. The minimum atomic E-state index is -0.942. The van der Waals surface area contributed by atoms with E-state index in [0.29, 0.717) is 0 Å². The molecule has 2 atom stereocenters. The summed E-state index contributed by atoms with van der Waals surface area (Å²) in [4.78, 5) is 23.0. The highest BCUT2D eigenvalue weighted by atomic mass is 16.6. The van der Waals surface area contributed by atoms with Crippen LogP contribution in [0, 0.1) is 5.41 Å². The Morgan fingerprint density at radius 1 is 0.750 bits per heavy atom. The van der Waals surface area contributed by atoms with Crippen LogP contribution in [-0.2, 0) is 9.47 Å². The molecule has 32 heavy (non-hydrogen) atoms. The molecule has 0 bridgehead atoms.